The molecule has 0 N–H and O–H groups in total. The molecule has 0 aliphatic heterocycles. The lowest BCUT2D eigenvalue weighted by molar-refractivity contribution is -0.0709. The second-order valence-corrected chi connectivity index (χ2v) is 7.20. The summed E-state index contributed by atoms with van der Waals surface area (Å²) in [6, 6.07) is 5.86. The van der Waals surface area contributed by atoms with Gasteiger partial charge < -0.3 is 9.64 Å². The van der Waals surface area contributed by atoms with Gasteiger partial charge in [-0.25, -0.2) is 13.2 Å². The van der Waals surface area contributed by atoms with E-state index in [2.05, 4.69) is 20.7 Å². The number of benzene rings is 1. The van der Waals surface area contributed by atoms with Crippen molar-refractivity contribution in [2.45, 2.75) is 11.3 Å². The van der Waals surface area contributed by atoms with Crippen molar-refractivity contribution in [3.63, 3.8) is 0 Å². The average Bonchev–Trinajstić information content (AvgIpc) is 2.53. The van der Waals surface area contributed by atoms with Crippen molar-refractivity contribution in [3.05, 3.63) is 29.8 Å². The van der Waals surface area contributed by atoms with E-state index < -0.39 is 16.0 Å². The van der Waals surface area contributed by atoms with Crippen LogP contribution in [0.15, 0.2) is 29.2 Å². The van der Waals surface area contributed by atoms with Crippen LogP contribution in [0.2, 0.25) is 0 Å². The number of carbonyl (C=O) groups is 1. The number of hydroxylamine groups is 1. The Kier molecular flexibility index (Phi) is 8.13. The van der Waals surface area contributed by atoms with Gasteiger partial charge in [0.15, 0.2) is 0 Å². The van der Waals surface area contributed by atoms with Crippen molar-refractivity contribution in [3.8, 4) is 0 Å². The molecule has 0 amide bonds. The Labute approximate surface area is 145 Å². The molecule has 0 spiro atoms. The third-order valence-electron chi connectivity index (χ3n) is 2.92. The highest BCUT2D eigenvalue weighted by Crippen LogP contribution is 2.22. The molecule has 23 heavy (non-hydrogen) atoms. The molecule has 0 aliphatic carbocycles. The Morgan fingerprint density at radius 2 is 1.91 bits per heavy atom. The number of methoxy groups -OCH3 is 1. The summed E-state index contributed by atoms with van der Waals surface area (Å²) < 4.78 is 30.8. The van der Waals surface area contributed by atoms with Gasteiger partial charge in [0, 0.05) is 0 Å². The Hall–Kier alpha value is -1.00. The smallest absolute Gasteiger partial charge is 0.339 e. The van der Waals surface area contributed by atoms with Crippen molar-refractivity contribution < 1.29 is 22.8 Å². The third kappa shape index (κ3) is 5.54. The first kappa shape index (κ1) is 20.0. The largest absolute Gasteiger partial charge is 0.465 e. The molecule has 0 saturated carbocycles. The second kappa shape index (κ2) is 9.33. The number of esters is 1. The van der Waals surface area contributed by atoms with Crippen molar-refractivity contribution >= 4 is 31.9 Å². The number of carbonyl (C=O) groups excluding carboxylic acids is 1. The first-order chi connectivity index (χ1) is 10.8. The predicted molar refractivity (Wildman–Crippen MR) is 89.7 cm³/mol. The highest BCUT2D eigenvalue weighted by molar-refractivity contribution is 9.09. The van der Waals surface area contributed by atoms with Gasteiger partial charge in [0.05, 0.1) is 29.6 Å². The van der Waals surface area contributed by atoms with E-state index >= 15 is 0 Å². The van der Waals surface area contributed by atoms with E-state index in [0.29, 0.717) is 6.42 Å². The Morgan fingerprint density at radius 1 is 1.26 bits per heavy atom. The zero-order valence-electron chi connectivity index (χ0n) is 13.4. The SMILES string of the molecule is COC(=O)c1ccccc1S(=O)(=O)N(CBr)OCCCN(C)C. The summed E-state index contributed by atoms with van der Waals surface area (Å²) in [6.07, 6.45) is 0.671. The zero-order chi connectivity index (χ0) is 17.5. The minimum Gasteiger partial charge on any atom is -0.465 e. The molecule has 0 heterocycles. The lowest BCUT2D eigenvalue weighted by Gasteiger charge is -2.20. The summed E-state index contributed by atoms with van der Waals surface area (Å²) in [7, 11) is 1.06. The third-order valence-corrected chi connectivity index (χ3v) is 5.39. The van der Waals surface area contributed by atoms with Crippen LogP contribution in [0.4, 0.5) is 0 Å². The number of hydrogen-bond donors (Lipinski definition) is 0. The minimum atomic E-state index is -3.99. The van der Waals surface area contributed by atoms with Crippen LogP contribution in [-0.4, -0.2) is 63.6 Å². The molecule has 130 valence electrons. The van der Waals surface area contributed by atoms with Gasteiger partial charge in [0.25, 0.3) is 10.0 Å². The lowest BCUT2D eigenvalue weighted by Crippen LogP contribution is -2.32. The van der Waals surface area contributed by atoms with Crippen LogP contribution in [-0.2, 0) is 19.6 Å². The fraction of sp³-hybridized carbons (Fsp3) is 0.500. The van der Waals surface area contributed by atoms with Crippen molar-refractivity contribution in [2.24, 2.45) is 0 Å². The lowest BCUT2D eigenvalue weighted by atomic mass is 10.2. The van der Waals surface area contributed by atoms with Crippen molar-refractivity contribution in [1.82, 2.24) is 9.37 Å². The Balaban J connectivity index is 2.97. The minimum absolute atomic E-state index is 0.0298. The van der Waals surface area contributed by atoms with Crippen LogP contribution in [0.25, 0.3) is 0 Å². The maximum absolute atomic E-state index is 12.7. The number of hydrogen-bond acceptors (Lipinski definition) is 6. The van der Waals surface area contributed by atoms with Gasteiger partial charge in [-0.05, 0) is 39.2 Å². The number of alkyl halides is 1. The van der Waals surface area contributed by atoms with Crippen LogP contribution in [0.5, 0.6) is 0 Å². The molecule has 0 unspecified atom stereocenters. The van der Waals surface area contributed by atoms with Crippen molar-refractivity contribution in [2.75, 3.05) is 39.8 Å². The number of nitrogens with zero attached hydrogens (tertiary/aromatic N) is 2. The van der Waals surface area contributed by atoms with Crippen LogP contribution in [0, 0.1) is 0 Å². The van der Waals surface area contributed by atoms with E-state index in [1.165, 1.54) is 25.3 Å². The molecule has 1 rings (SSSR count). The fourth-order valence-corrected chi connectivity index (χ4v) is 3.99. The molecule has 0 fully saturated rings. The molecule has 1 aromatic rings. The molecule has 9 heteroatoms. The first-order valence-electron chi connectivity index (χ1n) is 6.88. The quantitative estimate of drug-likeness (QED) is 0.203. The topological polar surface area (TPSA) is 76.2 Å². The monoisotopic (exact) mass is 408 g/mol. The van der Waals surface area contributed by atoms with E-state index in [4.69, 9.17) is 4.84 Å². The molecule has 1 aromatic carbocycles. The zero-order valence-corrected chi connectivity index (χ0v) is 15.8. The summed E-state index contributed by atoms with van der Waals surface area (Å²) in [5.74, 6) is -0.716. The summed E-state index contributed by atoms with van der Waals surface area (Å²) >= 11 is 3.10. The molecule has 0 aromatic heterocycles. The Morgan fingerprint density at radius 3 is 2.48 bits per heavy atom. The Bertz CT molecular complexity index is 621. The van der Waals surface area contributed by atoms with Crippen LogP contribution >= 0.6 is 15.9 Å². The maximum Gasteiger partial charge on any atom is 0.339 e. The molecule has 0 radical (unpaired) electrons. The van der Waals surface area contributed by atoms with E-state index in [0.717, 1.165) is 11.0 Å². The van der Waals surface area contributed by atoms with Crippen LogP contribution in [0.1, 0.15) is 16.8 Å². The van der Waals surface area contributed by atoms with E-state index in [1.54, 1.807) is 6.07 Å². The van der Waals surface area contributed by atoms with Gasteiger partial charge in [-0.3, -0.25) is 4.84 Å². The van der Waals surface area contributed by atoms with Crippen molar-refractivity contribution in [1.29, 1.82) is 0 Å². The van der Waals surface area contributed by atoms with E-state index in [-0.39, 0.29) is 22.5 Å². The summed E-state index contributed by atoms with van der Waals surface area (Å²) in [5, 5.41) is 0. The summed E-state index contributed by atoms with van der Waals surface area (Å²) in [6.45, 7) is 1.01. The van der Waals surface area contributed by atoms with Gasteiger partial charge in [-0.1, -0.05) is 32.5 Å². The molecular weight excluding hydrogens is 388 g/mol. The van der Waals surface area contributed by atoms with Crippen LogP contribution < -0.4 is 0 Å². The summed E-state index contributed by atoms with van der Waals surface area (Å²) in [5.41, 5.74) is -0.0786. The maximum atomic E-state index is 12.7. The van der Waals surface area contributed by atoms with Gasteiger partial charge in [0.1, 0.15) is 0 Å². The second-order valence-electron chi connectivity index (χ2n) is 4.91. The number of ether oxygens (including phenoxy) is 1. The number of rotatable bonds is 9. The fourth-order valence-electron chi connectivity index (χ4n) is 1.80. The first-order valence-corrected chi connectivity index (χ1v) is 9.44. The molecule has 0 aliphatic rings. The normalized spacial score (nSPS) is 11.9. The van der Waals surface area contributed by atoms with E-state index in [9.17, 15) is 13.2 Å². The van der Waals surface area contributed by atoms with Gasteiger partial charge in [-0.2, -0.15) is 0 Å². The standard InChI is InChI=1S/C14H21BrN2O5S/c1-16(2)9-6-10-22-17(11-15)23(19,20)13-8-5-4-7-12(13)14(18)21-3/h4-5,7-8H,6,9-11H2,1-3H3. The van der Waals surface area contributed by atoms with Gasteiger partial charge in [0.2, 0.25) is 0 Å². The van der Waals surface area contributed by atoms with Gasteiger partial charge >= 0.3 is 5.97 Å². The molecule has 0 atom stereocenters. The molecule has 7 nitrogen and oxygen atoms in total. The average molecular weight is 409 g/mol. The van der Waals surface area contributed by atoms with Crippen LogP contribution in [0.3, 0.4) is 0 Å². The summed E-state index contributed by atoms with van der Waals surface area (Å²) in [4.78, 5) is 18.9. The van der Waals surface area contributed by atoms with E-state index in [1.807, 2.05) is 19.0 Å². The predicted octanol–water partition coefficient (Wildman–Crippen LogP) is 1.70. The molecular formula is C14H21BrN2O5S. The number of sulfonamides is 1. The highest BCUT2D eigenvalue weighted by atomic mass is 79.9. The molecule has 0 saturated heterocycles. The number of halogens is 1. The molecule has 0 bridgehead atoms. The van der Waals surface area contributed by atoms with Gasteiger partial charge in [-0.15, -0.1) is 0 Å². The highest BCUT2D eigenvalue weighted by Gasteiger charge is 2.29.